The minimum atomic E-state index is -0.346. The molecule has 1 aromatic rings. The third-order valence-corrected chi connectivity index (χ3v) is 4.49. The van der Waals surface area contributed by atoms with Gasteiger partial charge in [-0.2, -0.15) is 0 Å². The first kappa shape index (κ1) is 18.5. The van der Waals surface area contributed by atoms with Crippen LogP contribution in [0.15, 0.2) is 24.3 Å². The molecule has 0 radical (unpaired) electrons. The Labute approximate surface area is 145 Å². The van der Waals surface area contributed by atoms with E-state index in [2.05, 4.69) is 51.3 Å². The largest absolute Gasteiger partial charge is 0.450 e. The summed E-state index contributed by atoms with van der Waals surface area (Å²) in [4.78, 5) is 18.6. The summed E-state index contributed by atoms with van der Waals surface area (Å²) in [6, 6.07) is 8.74. The van der Waals surface area contributed by atoms with Gasteiger partial charge in [0.1, 0.15) is 0 Å². The molecule has 1 atom stereocenters. The first-order chi connectivity index (χ1) is 11.5. The van der Waals surface area contributed by atoms with E-state index in [1.54, 1.807) is 0 Å². The molecule has 0 unspecified atom stereocenters. The summed E-state index contributed by atoms with van der Waals surface area (Å²) >= 11 is 0. The lowest BCUT2D eigenvalue weighted by Crippen LogP contribution is -2.48. The molecule has 0 saturated carbocycles. The number of hydrogen-bond donors (Lipinski definition) is 1. The summed E-state index contributed by atoms with van der Waals surface area (Å²) in [7, 11) is 6.22. The Bertz CT molecular complexity index is 510. The lowest BCUT2D eigenvalue weighted by molar-refractivity contribution is 0.105. The third-order valence-electron chi connectivity index (χ3n) is 4.49. The Balaban J connectivity index is 2.10. The lowest BCUT2D eigenvalue weighted by atomic mass is 10.0. The number of carbonyl (C=O) groups is 1. The van der Waals surface area contributed by atoms with Gasteiger partial charge in [-0.3, -0.25) is 4.90 Å². The van der Waals surface area contributed by atoms with Gasteiger partial charge in [0, 0.05) is 52.5 Å². The standard InChI is InChI=1S/C18H30N4O2/c1-5-24-18(23)19-14-17(22-12-10-21(4)11-13-22)15-6-8-16(9-7-15)20(2)3/h6-9,17H,5,10-14H2,1-4H3,(H,19,23)/t17-/m1/s1. The molecule has 2 rings (SSSR count). The van der Waals surface area contributed by atoms with Gasteiger partial charge >= 0.3 is 6.09 Å². The molecule has 1 N–H and O–H groups in total. The number of hydrogen-bond acceptors (Lipinski definition) is 5. The number of nitrogens with zero attached hydrogens (tertiary/aromatic N) is 3. The smallest absolute Gasteiger partial charge is 0.407 e. The van der Waals surface area contributed by atoms with Crippen LogP contribution in [0.2, 0.25) is 0 Å². The van der Waals surface area contributed by atoms with Gasteiger partial charge in [-0.1, -0.05) is 12.1 Å². The number of carbonyl (C=O) groups excluding carboxylic acids is 1. The Morgan fingerprint density at radius 3 is 2.38 bits per heavy atom. The van der Waals surface area contributed by atoms with Crippen LogP contribution in [0.4, 0.5) is 10.5 Å². The molecule has 1 heterocycles. The molecule has 1 fully saturated rings. The van der Waals surface area contributed by atoms with Crippen LogP contribution in [0.3, 0.4) is 0 Å². The molecule has 0 aromatic heterocycles. The average molecular weight is 334 g/mol. The van der Waals surface area contributed by atoms with Crippen molar-refractivity contribution in [3.05, 3.63) is 29.8 Å². The molecule has 134 valence electrons. The molecular weight excluding hydrogens is 304 g/mol. The number of benzene rings is 1. The SMILES string of the molecule is CCOC(=O)NC[C@H](c1ccc(N(C)C)cc1)N1CCN(C)CC1. The van der Waals surface area contributed by atoms with Gasteiger partial charge in [-0.25, -0.2) is 4.79 Å². The predicted molar refractivity (Wildman–Crippen MR) is 97.6 cm³/mol. The van der Waals surface area contributed by atoms with Crippen LogP contribution in [0, 0.1) is 0 Å². The van der Waals surface area contributed by atoms with Crippen LogP contribution in [-0.4, -0.2) is 76.4 Å². The maximum atomic E-state index is 11.7. The number of likely N-dealkylation sites (N-methyl/N-ethyl adjacent to an activating group) is 1. The molecule has 1 aliphatic rings. The molecule has 6 heteroatoms. The number of rotatable bonds is 6. The van der Waals surface area contributed by atoms with Crippen molar-refractivity contribution in [3.8, 4) is 0 Å². The summed E-state index contributed by atoms with van der Waals surface area (Å²) in [5.74, 6) is 0. The van der Waals surface area contributed by atoms with Crippen molar-refractivity contribution in [2.24, 2.45) is 0 Å². The number of anilines is 1. The Kier molecular flexibility index (Phi) is 6.87. The number of amides is 1. The third kappa shape index (κ3) is 5.11. The number of nitrogens with one attached hydrogen (secondary N) is 1. The van der Waals surface area contributed by atoms with Gasteiger partial charge in [0.2, 0.25) is 0 Å². The average Bonchev–Trinajstić information content (AvgIpc) is 2.57. The Morgan fingerprint density at radius 2 is 1.83 bits per heavy atom. The second-order valence-electron chi connectivity index (χ2n) is 6.44. The van der Waals surface area contributed by atoms with Crippen molar-refractivity contribution < 1.29 is 9.53 Å². The van der Waals surface area contributed by atoms with Crippen molar-refractivity contribution in [2.75, 3.05) is 65.4 Å². The molecule has 0 aliphatic carbocycles. The summed E-state index contributed by atoms with van der Waals surface area (Å²) in [6.07, 6.45) is -0.346. The second kappa shape index (κ2) is 8.89. The van der Waals surface area contributed by atoms with E-state index in [0.717, 1.165) is 26.2 Å². The monoisotopic (exact) mass is 334 g/mol. The molecule has 0 bridgehead atoms. The van der Waals surface area contributed by atoms with Crippen LogP contribution >= 0.6 is 0 Å². The second-order valence-corrected chi connectivity index (χ2v) is 6.44. The fourth-order valence-electron chi connectivity index (χ4n) is 2.95. The van der Waals surface area contributed by atoms with Crippen molar-refractivity contribution >= 4 is 11.8 Å². The van der Waals surface area contributed by atoms with Gasteiger partial charge in [-0.15, -0.1) is 0 Å². The highest BCUT2D eigenvalue weighted by Gasteiger charge is 2.24. The van der Waals surface area contributed by atoms with Gasteiger partial charge in [-0.05, 0) is 31.7 Å². The molecular formula is C18H30N4O2. The molecule has 1 saturated heterocycles. The highest BCUT2D eigenvalue weighted by molar-refractivity contribution is 5.67. The number of piperazine rings is 1. The first-order valence-electron chi connectivity index (χ1n) is 8.61. The van der Waals surface area contributed by atoms with E-state index in [4.69, 9.17) is 4.74 Å². The normalized spacial score (nSPS) is 17.3. The zero-order valence-corrected chi connectivity index (χ0v) is 15.3. The number of alkyl carbamates (subject to hydrolysis) is 1. The van der Waals surface area contributed by atoms with E-state index in [-0.39, 0.29) is 12.1 Å². The molecule has 1 aliphatic heterocycles. The molecule has 6 nitrogen and oxygen atoms in total. The summed E-state index contributed by atoms with van der Waals surface area (Å²) in [5, 5.41) is 2.90. The first-order valence-corrected chi connectivity index (χ1v) is 8.61. The minimum absolute atomic E-state index is 0.166. The van der Waals surface area contributed by atoms with Crippen LogP contribution in [0.1, 0.15) is 18.5 Å². The molecule has 1 amide bonds. The van der Waals surface area contributed by atoms with E-state index in [0.29, 0.717) is 13.2 Å². The summed E-state index contributed by atoms with van der Waals surface area (Å²) < 4.78 is 5.00. The predicted octanol–water partition coefficient (Wildman–Crippen LogP) is 1.79. The van der Waals surface area contributed by atoms with Gasteiger partial charge in [0.25, 0.3) is 0 Å². The van der Waals surface area contributed by atoms with Crippen LogP contribution in [-0.2, 0) is 4.74 Å². The summed E-state index contributed by atoms with van der Waals surface area (Å²) in [5.41, 5.74) is 2.40. The fraction of sp³-hybridized carbons (Fsp3) is 0.611. The van der Waals surface area contributed by atoms with E-state index < -0.39 is 0 Å². The van der Waals surface area contributed by atoms with Crippen molar-refractivity contribution in [2.45, 2.75) is 13.0 Å². The van der Waals surface area contributed by atoms with Crippen molar-refractivity contribution in [3.63, 3.8) is 0 Å². The zero-order chi connectivity index (χ0) is 17.5. The van der Waals surface area contributed by atoms with Crippen molar-refractivity contribution in [1.82, 2.24) is 15.1 Å². The molecule has 1 aromatic carbocycles. The van der Waals surface area contributed by atoms with Crippen LogP contribution in [0.5, 0.6) is 0 Å². The van der Waals surface area contributed by atoms with E-state index in [9.17, 15) is 4.79 Å². The van der Waals surface area contributed by atoms with Crippen molar-refractivity contribution in [1.29, 1.82) is 0 Å². The van der Waals surface area contributed by atoms with Crippen LogP contribution in [0.25, 0.3) is 0 Å². The minimum Gasteiger partial charge on any atom is -0.450 e. The molecule has 0 spiro atoms. The summed E-state index contributed by atoms with van der Waals surface area (Å²) in [6.45, 7) is 6.86. The van der Waals surface area contributed by atoms with E-state index in [1.165, 1.54) is 11.3 Å². The number of ether oxygens (including phenoxy) is 1. The van der Waals surface area contributed by atoms with Gasteiger partial charge in [0.05, 0.1) is 12.6 Å². The van der Waals surface area contributed by atoms with E-state index >= 15 is 0 Å². The highest BCUT2D eigenvalue weighted by Crippen LogP contribution is 2.24. The quantitative estimate of drug-likeness (QED) is 0.859. The van der Waals surface area contributed by atoms with E-state index in [1.807, 2.05) is 21.0 Å². The van der Waals surface area contributed by atoms with Gasteiger partial charge in [0.15, 0.2) is 0 Å². The maximum absolute atomic E-state index is 11.7. The Morgan fingerprint density at radius 1 is 1.21 bits per heavy atom. The lowest BCUT2D eigenvalue weighted by Gasteiger charge is -2.38. The van der Waals surface area contributed by atoms with Crippen LogP contribution < -0.4 is 10.2 Å². The Hall–Kier alpha value is -1.79. The molecule has 24 heavy (non-hydrogen) atoms. The van der Waals surface area contributed by atoms with Gasteiger partial charge < -0.3 is 19.9 Å². The zero-order valence-electron chi connectivity index (χ0n) is 15.3. The fourth-order valence-corrected chi connectivity index (χ4v) is 2.95. The topological polar surface area (TPSA) is 48.1 Å². The highest BCUT2D eigenvalue weighted by atomic mass is 16.5. The maximum Gasteiger partial charge on any atom is 0.407 e.